The number of hydrogen-bond donors (Lipinski definition) is 0. The molecule has 0 radical (unpaired) electrons. The zero-order valence-electron chi connectivity index (χ0n) is 13.0. The van der Waals surface area contributed by atoms with Crippen LogP contribution in [0.4, 0.5) is 0 Å². The number of carbonyl (C=O) groups is 1. The molecule has 0 N–H and O–H groups in total. The fourth-order valence-corrected chi connectivity index (χ4v) is 3.01. The van der Waals surface area contributed by atoms with Gasteiger partial charge in [-0.25, -0.2) is 0 Å². The zero-order valence-corrected chi connectivity index (χ0v) is 13.0. The van der Waals surface area contributed by atoms with Crippen molar-refractivity contribution in [3.63, 3.8) is 0 Å². The Morgan fingerprint density at radius 3 is 2.33 bits per heavy atom. The topological polar surface area (TPSA) is 72.5 Å². The van der Waals surface area contributed by atoms with E-state index in [1.807, 2.05) is 13.8 Å². The molecular weight excluding hydrogens is 280 g/mol. The molecule has 7 heteroatoms. The van der Waals surface area contributed by atoms with Crippen LogP contribution in [0.2, 0.25) is 0 Å². The Bertz CT molecular complexity index is 433. The summed E-state index contributed by atoms with van der Waals surface area (Å²) in [6, 6.07) is 0. The average molecular weight is 302 g/mol. The van der Waals surface area contributed by atoms with Crippen molar-refractivity contribution in [1.29, 1.82) is 0 Å². The van der Waals surface area contributed by atoms with E-state index in [0.717, 1.165) is 0 Å². The first-order chi connectivity index (χ1) is 9.67. The number of hydrogen-bond acceptors (Lipinski definition) is 7. The van der Waals surface area contributed by atoms with Crippen molar-refractivity contribution in [1.82, 2.24) is 0 Å². The lowest BCUT2D eigenvalue weighted by molar-refractivity contribution is -0.235. The summed E-state index contributed by atoms with van der Waals surface area (Å²) in [5.41, 5.74) is 0. The zero-order chi connectivity index (χ0) is 15.4. The highest BCUT2D eigenvalue weighted by atomic mass is 16.8. The van der Waals surface area contributed by atoms with Crippen LogP contribution in [0.25, 0.3) is 0 Å². The van der Waals surface area contributed by atoms with Gasteiger partial charge >= 0.3 is 5.97 Å². The molecule has 0 bridgehead atoms. The highest BCUT2D eigenvalue weighted by Crippen LogP contribution is 2.41. The molecule has 3 aliphatic rings. The maximum Gasteiger partial charge on any atom is 0.303 e. The van der Waals surface area contributed by atoms with E-state index >= 15 is 0 Å². The summed E-state index contributed by atoms with van der Waals surface area (Å²) in [5, 5.41) is 0. The molecular formula is C14H22O7. The standard InChI is InChI=1S/C14H22O7/c1-7(15)17-10-9(8-6-16-13(2,3)19-8)18-12-11(10)20-14(4,5)21-12/h8-12H,6H2,1-5H3/t8-,9+,10-,11+,12-/m0/s1. The third kappa shape index (κ3) is 2.93. The highest BCUT2D eigenvalue weighted by Gasteiger charge is 2.59. The van der Waals surface area contributed by atoms with Crippen LogP contribution in [0, 0.1) is 0 Å². The molecule has 0 aromatic rings. The quantitative estimate of drug-likeness (QED) is 0.703. The van der Waals surface area contributed by atoms with Crippen molar-refractivity contribution in [3.8, 4) is 0 Å². The first kappa shape index (κ1) is 15.2. The van der Waals surface area contributed by atoms with Crippen LogP contribution in [-0.4, -0.2) is 54.9 Å². The molecule has 5 atom stereocenters. The first-order valence-electron chi connectivity index (χ1n) is 7.17. The maximum absolute atomic E-state index is 11.4. The van der Waals surface area contributed by atoms with E-state index < -0.39 is 36.2 Å². The summed E-state index contributed by atoms with van der Waals surface area (Å²) in [4.78, 5) is 11.4. The Hall–Kier alpha value is -0.730. The number of ether oxygens (including phenoxy) is 6. The molecule has 120 valence electrons. The van der Waals surface area contributed by atoms with E-state index in [1.165, 1.54) is 6.92 Å². The largest absolute Gasteiger partial charge is 0.457 e. The van der Waals surface area contributed by atoms with Crippen LogP contribution < -0.4 is 0 Å². The lowest BCUT2D eigenvalue weighted by atomic mass is 10.1. The Kier molecular flexibility index (Phi) is 3.53. The van der Waals surface area contributed by atoms with Crippen molar-refractivity contribution in [2.24, 2.45) is 0 Å². The highest BCUT2D eigenvalue weighted by molar-refractivity contribution is 5.66. The van der Waals surface area contributed by atoms with Crippen LogP contribution in [0.5, 0.6) is 0 Å². The third-order valence-corrected chi connectivity index (χ3v) is 3.73. The SMILES string of the molecule is CC(=O)O[C@@H]1[C@H]2OC(C)(C)O[C@@H]2O[C@@H]1[C@@H]1COC(C)(C)O1. The Morgan fingerprint density at radius 2 is 1.76 bits per heavy atom. The monoisotopic (exact) mass is 302 g/mol. The third-order valence-electron chi connectivity index (χ3n) is 3.73. The minimum atomic E-state index is -0.759. The van der Waals surface area contributed by atoms with Gasteiger partial charge in [0.25, 0.3) is 0 Å². The molecule has 3 saturated heterocycles. The molecule has 0 saturated carbocycles. The van der Waals surface area contributed by atoms with Crippen LogP contribution in [0.3, 0.4) is 0 Å². The molecule has 7 nitrogen and oxygen atoms in total. The lowest BCUT2D eigenvalue weighted by Gasteiger charge is -2.28. The summed E-state index contributed by atoms with van der Waals surface area (Å²) in [5.74, 6) is -1.82. The second-order valence-electron chi connectivity index (χ2n) is 6.51. The van der Waals surface area contributed by atoms with Gasteiger partial charge in [-0.3, -0.25) is 4.79 Å². The van der Waals surface area contributed by atoms with E-state index in [1.54, 1.807) is 13.8 Å². The van der Waals surface area contributed by atoms with Crippen molar-refractivity contribution < 1.29 is 33.2 Å². The Balaban J connectivity index is 1.77. The fraction of sp³-hybridized carbons (Fsp3) is 0.929. The number of fused-ring (bicyclic) bond motifs is 1. The maximum atomic E-state index is 11.4. The molecule has 0 amide bonds. The Morgan fingerprint density at radius 1 is 1.05 bits per heavy atom. The molecule has 3 aliphatic heterocycles. The fourth-order valence-electron chi connectivity index (χ4n) is 3.01. The summed E-state index contributed by atoms with van der Waals surface area (Å²) < 4.78 is 34.2. The van der Waals surface area contributed by atoms with Gasteiger partial charge in [-0.05, 0) is 27.7 Å². The van der Waals surface area contributed by atoms with Crippen LogP contribution in [0.15, 0.2) is 0 Å². The number of rotatable bonds is 2. The van der Waals surface area contributed by atoms with Gasteiger partial charge in [0.2, 0.25) is 0 Å². The Labute approximate surface area is 123 Å². The summed E-state index contributed by atoms with van der Waals surface area (Å²) in [6.45, 7) is 9.00. The van der Waals surface area contributed by atoms with E-state index in [-0.39, 0.29) is 12.1 Å². The van der Waals surface area contributed by atoms with Gasteiger partial charge in [-0.2, -0.15) is 0 Å². The lowest BCUT2D eigenvalue weighted by Crippen LogP contribution is -2.44. The van der Waals surface area contributed by atoms with Gasteiger partial charge in [0, 0.05) is 6.92 Å². The van der Waals surface area contributed by atoms with Crippen LogP contribution in [0.1, 0.15) is 34.6 Å². The average Bonchev–Trinajstić information content (AvgIpc) is 2.90. The molecule has 3 heterocycles. The smallest absolute Gasteiger partial charge is 0.303 e. The molecule has 0 unspecified atom stereocenters. The van der Waals surface area contributed by atoms with E-state index in [0.29, 0.717) is 6.61 Å². The van der Waals surface area contributed by atoms with E-state index in [4.69, 9.17) is 28.4 Å². The minimum absolute atomic E-state index is 0.328. The second-order valence-corrected chi connectivity index (χ2v) is 6.51. The van der Waals surface area contributed by atoms with Crippen molar-refractivity contribution in [3.05, 3.63) is 0 Å². The van der Waals surface area contributed by atoms with Gasteiger partial charge in [-0.15, -0.1) is 0 Å². The molecule has 3 fully saturated rings. The molecule has 0 spiro atoms. The van der Waals surface area contributed by atoms with Crippen molar-refractivity contribution in [2.45, 2.75) is 76.9 Å². The minimum Gasteiger partial charge on any atom is -0.457 e. The van der Waals surface area contributed by atoms with Gasteiger partial charge in [0.1, 0.15) is 12.2 Å². The van der Waals surface area contributed by atoms with Crippen molar-refractivity contribution >= 4 is 5.97 Å². The molecule has 0 aromatic heterocycles. The van der Waals surface area contributed by atoms with Gasteiger partial charge in [-0.1, -0.05) is 0 Å². The molecule has 21 heavy (non-hydrogen) atoms. The van der Waals surface area contributed by atoms with Crippen molar-refractivity contribution in [2.75, 3.05) is 6.61 Å². The van der Waals surface area contributed by atoms with E-state index in [9.17, 15) is 4.79 Å². The van der Waals surface area contributed by atoms with E-state index in [2.05, 4.69) is 0 Å². The van der Waals surface area contributed by atoms with Crippen LogP contribution >= 0.6 is 0 Å². The first-order valence-corrected chi connectivity index (χ1v) is 7.17. The summed E-state index contributed by atoms with van der Waals surface area (Å²) >= 11 is 0. The second kappa shape index (κ2) is 4.89. The molecule has 0 aromatic carbocycles. The predicted molar refractivity (Wildman–Crippen MR) is 69.2 cm³/mol. The van der Waals surface area contributed by atoms with Crippen LogP contribution in [-0.2, 0) is 33.2 Å². The normalized spacial score (nSPS) is 43.8. The van der Waals surface area contributed by atoms with Gasteiger partial charge < -0.3 is 28.4 Å². The van der Waals surface area contributed by atoms with Gasteiger partial charge in [0.15, 0.2) is 30.1 Å². The molecule has 0 aliphatic carbocycles. The summed E-state index contributed by atoms with van der Waals surface area (Å²) in [6.07, 6.45) is -2.40. The number of carbonyl (C=O) groups excluding carboxylic acids is 1. The molecule has 3 rings (SSSR count). The predicted octanol–water partition coefficient (Wildman–Crippen LogP) is 0.946. The van der Waals surface area contributed by atoms with Gasteiger partial charge in [0.05, 0.1) is 6.61 Å². The number of esters is 1. The summed E-state index contributed by atoms with van der Waals surface area (Å²) in [7, 11) is 0.